The smallest absolute Gasteiger partial charge is 0.310 e. The molecule has 1 unspecified atom stereocenters. The van der Waals surface area contributed by atoms with E-state index in [4.69, 9.17) is 4.74 Å². The fourth-order valence-corrected chi connectivity index (χ4v) is 1.10. The molecule has 0 aliphatic rings. The fraction of sp³-hybridized carbons (Fsp3) is 0.889. The summed E-state index contributed by atoms with van der Waals surface area (Å²) in [5.41, 5.74) is 0. The third-order valence-corrected chi connectivity index (χ3v) is 1.87. The van der Waals surface area contributed by atoms with Gasteiger partial charge in [-0.1, -0.05) is 13.8 Å². The molecule has 0 heterocycles. The Morgan fingerprint density at radius 1 is 1.42 bits per heavy atom. The highest BCUT2D eigenvalue weighted by Gasteiger charge is 2.23. The van der Waals surface area contributed by atoms with E-state index in [0.717, 1.165) is 6.54 Å². The second-order valence-corrected chi connectivity index (χ2v) is 3.64. The van der Waals surface area contributed by atoms with E-state index < -0.39 is 0 Å². The molecule has 3 nitrogen and oxygen atoms in total. The summed E-state index contributed by atoms with van der Waals surface area (Å²) in [6.45, 7) is 4.82. The Kier molecular flexibility index (Phi) is 4.90. The average molecular weight is 173 g/mol. The summed E-state index contributed by atoms with van der Waals surface area (Å²) in [7, 11) is 5.35. The van der Waals surface area contributed by atoms with Gasteiger partial charge in [0.1, 0.15) is 0 Å². The van der Waals surface area contributed by atoms with Crippen molar-refractivity contribution in [1.82, 2.24) is 4.90 Å². The normalized spacial score (nSPS) is 13.6. The molecule has 0 spiro atoms. The molecule has 0 bridgehead atoms. The molecular formula is C9H19NO2. The molecule has 0 amide bonds. The highest BCUT2D eigenvalue weighted by Crippen LogP contribution is 2.12. The number of nitrogens with zero attached hydrogens (tertiary/aromatic N) is 1. The van der Waals surface area contributed by atoms with E-state index in [2.05, 4.69) is 0 Å². The van der Waals surface area contributed by atoms with Crippen LogP contribution in [0, 0.1) is 11.8 Å². The highest BCUT2D eigenvalue weighted by molar-refractivity contribution is 5.72. The van der Waals surface area contributed by atoms with Crippen molar-refractivity contribution < 1.29 is 9.53 Å². The van der Waals surface area contributed by atoms with Gasteiger partial charge in [0, 0.05) is 6.54 Å². The third kappa shape index (κ3) is 3.72. The van der Waals surface area contributed by atoms with Crippen LogP contribution < -0.4 is 0 Å². The van der Waals surface area contributed by atoms with E-state index in [0.29, 0.717) is 5.92 Å². The number of esters is 1. The zero-order valence-electron chi connectivity index (χ0n) is 8.63. The van der Waals surface area contributed by atoms with Gasteiger partial charge in [-0.25, -0.2) is 0 Å². The summed E-state index contributed by atoms with van der Waals surface area (Å²) in [6, 6.07) is 0. The maximum atomic E-state index is 11.2. The lowest BCUT2D eigenvalue weighted by atomic mass is 9.96. The summed E-state index contributed by atoms with van der Waals surface area (Å²) >= 11 is 0. The van der Waals surface area contributed by atoms with Crippen LogP contribution in [-0.2, 0) is 9.53 Å². The van der Waals surface area contributed by atoms with E-state index in [-0.39, 0.29) is 11.9 Å². The van der Waals surface area contributed by atoms with Gasteiger partial charge in [-0.05, 0) is 20.0 Å². The summed E-state index contributed by atoms with van der Waals surface area (Å²) < 4.78 is 4.71. The van der Waals surface area contributed by atoms with Crippen molar-refractivity contribution >= 4 is 5.97 Å². The van der Waals surface area contributed by atoms with E-state index in [1.165, 1.54) is 7.11 Å². The minimum Gasteiger partial charge on any atom is -0.469 e. The molecule has 1 atom stereocenters. The zero-order valence-corrected chi connectivity index (χ0v) is 8.63. The molecule has 0 rings (SSSR count). The molecule has 0 fully saturated rings. The first-order valence-electron chi connectivity index (χ1n) is 4.21. The molecule has 0 saturated carbocycles. The number of ether oxygens (including phenoxy) is 1. The molecule has 0 aromatic heterocycles. The molecular weight excluding hydrogens is 154 g/mol. The number of methoxy groups -OCH3 is 1. The maximum absolute atomic E-state index is 11.2. The number of rotatable bonds is 4. The van der Waals surface area contributed by atoms with Crippen LogP contribution >= 0.6 is 0 Å². The topological polar surface area (TPSA) is 29.5 Å². The van der Waals surface area contributed by atoms with Gasteiger partial charge in [0.25, 0.3) is 0 Å². The van der Waals surface area contributed by atoms with Crippen molar-refractivity contribution in [2.45, 2.75) is 13.8 Å². The van der Waals surface area contributed by atoms with Crippen LogP contribution in [0.25, 0.3) is 0 Å². The van der Waals surface area contributed by atoms with Crippen molar-refractivity contribution in [2.75, 3.05) is 27.7 Å². The first-order valence-corrected chi connectivity index (χ1v) is 4.21. The summed E-state index contributed by atoms with van der Waals surface area (Å²) in [6.07, 6.45) is 0. The molecule has 0 radical (unpaired) electrons. The Bertz CT molecular complexity index is 143. The average Bonchev–Trinajstić information content (AvgIpc) is 1.98. The maximum Gasteiger partial charge on any atom is 0.310 e. The number of carbonyl (C=O) groups is 1. The van der Waals surface area contributed by atoms with Gasteiger partial charge in [-0.15, -0.1) is 0 Å². The zero-order chi connectivity index (χ0) is 9.72. The highest BCUT2D eigenvalue weighted by atomic mass is 16.5. The number of hydrogen-bond donors (Lipinski definition) is 0. The van der Waals surface area contributed by atoms with Crippen LogP contribution in [-0.4, -0.2) is 38.6 Å². The molecule has 0 aromatic rings. The minimum atomic E-state index is -0.112. The summed E-state index contributed by atoms with van der Waals surface area (Å²) in [4.78, 5) is 13.2. The Morgan fingerprint density at radius 3 is 2.17 bits per heavy atom. The van der Waals surface area contributed by atoms with Crippen molar-refractivity contribution in [2.24, 2.45) is 11.8 Å². The van der Waals surface area contributed by atoms with Gasteiger partial charge in [-0.2, -0.15) is 0 Å². The lowest BCUT2D eigenvalue weighted by molar-refractivity contribution is -0.147. The van der Waals surface area contributed by atoms with Crippen molar-refractivity contribution in [3.8, 4) is 0 Å². The van der Waals surface area contributed by atoms with E-state index in [1.807, 2.05) is 32.8 Å². The van der Waals surface area contributed by atoms with Crippen LogP contribution in [0.5, 0.6) is 0 Å². The standard InChI is InChI=1S/C9H19NO2/c1-7(2)8(6-10(3)4)9(11)12-5/h7-8H,6H2,1-5H3. The molecule has 0 aromatic carbocycles. The Balaban J connectivity index is 4.13. The van der Waals surface area contributed by atoms with Crippen LogP contribution in [0.2, 0.25) is 0 Å². The Labute approximate surface area is 74.7 Å². The van der Waals surface area contributed by atoms with Crippen molar-refractivity contribution in [3.05, 3.63) is 0 Å². The molecule has 0 N–H and O–H groups in total. The fourth-order valence-electron chi connectivity index (χ4n) is 1.10. The SMILES string of the molecule is COC(=O)C(CN(C)C)C(C)C. The summed E-state index contributed by atoms with van der Waals surface area (Å²) in [5, 5.41) is 0. The molecule has 12 heavy (non-hydrogen) atoms. The quantitative estimate of drug-likeness (QED) is 0.594. The van der Waals surface area contributed by atoms with Gasteiger partial charge in [0.15, 0.2) is 0 Å². The van der Waals surface area contributed by atoms with Crippen molar-refractivity contribution in [3.63, 3.8) is 0 Å². The minimum absolute atomic E-state index is 0.00926. The van der Waals surface area contributed by atoms with Gasteiger partial charge in [0.05, 0.1) is 13.0 Å². The number of hydrogen-bond acceptors (Lipinski definition) is 3. The second-order valence-electron chi connectivity index (χ2n) is 3.64. The second kappa shape index (κ2) is 5.14. The molecule has 72 valence electrons. The summed E-state index contributed by atoms with van der Waals surface area (Å²) in [5.74, 6) is 0.212. The van der Waals surface area contributed by atoms with Gasteiger partial charge < -0.3 is 9.64 Å². The first kappa shape index (κ1) is 11.4. The lowest BCUT2D eigenvalue weighted by Crippen LogP contribution is -2.32. The molecule has 0 aliphatic heterocycles. The first-order chi connectivity index (χ1) is 5.49. The molecule has 3 heteroatoms. The van der Waals surface area contributed by atoms with Crippen molar-refractivity contribution in [1.29, 1.82) is 0 Å². The molecule has 0 saturated heterocycles. The Morgan fingerprint density at radius 2 is 1.92 bits per heavy atom. The number of carbonyl (C=O) groups excluding carboxylic acids is 1. The monoisotopic (exact) mass is 173 g/mol. The lowest BCUT2D eigenvalue weighted by Gasteiger charge is -2.21. The van der Waals surface area contributed by atoms with Crippen LogP contribution in [0.15, 0.2) is 0 Å². The van der Waals surface area contributed by atoms with E-state index in [9.17, 15) is 4.79 Å². The predicted octanol–water partition coefficient (Wildman–Crippen LogP) is 0.993. The predicted molar refractivity (Wildman–Crippen MR) is 48.9 cm³/mol. The van der Waals surface area contributed by atoms with Gasteiger partial charge in [-0.3, -0.25) is 4.79 Å². The van der Waals surface area contributed by atoms with Gasteiger partial charge in [0.2, 0.25) is 0 Å². The molecule has 0 aliphatic carbocycles. The van der Waals surface area contributed by atoms with Crippen LogP contribution in [0.1, 0.15) is 13.8 Å². The van der Waals surface area contributed by atoms with E-state index >= 15 is 0 Å². The van der Waals surface area contributed by atoms with Crippen LogP contribution in [0.4, 0.5) is 0 Å². The van der Waals surface area contributed by atoms with E-state index in [1.54, 1.807) is 0 Å². The van der Waals surface area contributed by atoms with Crippen LogP contribution in [0.3, 0.4) is 0 Å². The largest absolute Gasteiger partial charge is 0.469 e. The third-order valence-electron chi connectivity index (χ3n) is 1.87. The van der Waals surface area contributed by atoms with Gasteiger partial charge >= 0.3 is 5.97 Å². The Hall–Kier alpha value is -0.570.